The fraction of sp³-hybridized carbons (Fsp3) is 0.250. The Bertz CT molecular complexity index is 1190. The molecule has 1 saturated heterocycles. The maximum Gasteiger partial charge on any atom is 0.417 e. The van der Waals surface area contributed by atoms with E-state index < -0.39 is 29.2 Å². The number of oxazole rings is 1. The number of amides is 2. The van der Waals surface area contributed by atoms with Gasteiger partial charge in [0.25, 0.3) is 0 Å². The van der Waals surface area contributed by atoms with Crippen LogP contribution in [-0.4, -0.2) is 47.4 Å². The number of fused-ring (bicyclic) bond motifs is 1. The lowest BCUT2D eigenvalue weighted by Crippen LogP contribution is -2.55. The van der Waals surface area contributed by atoms with Gasteiger partial charge in [0.1, 0.15) is 0 Å². The number of hydrogen-bond donors (Lipinski definition) is 2. The minimum absolute atomic E-state index is 0.203. The Morgan fingerprint density at radius 2 is 1.93 bits per heavy atom. The molecule has 1 fully saturated rings. The van der Waals surface area contributed by atoms with Crippen LogP contribution in [0.25, 0.3) is 11.1 Å². The van der Waals surface area contributed by atoms with Crippen molar-refractivity contribution in [2.45, 2.75) is 13.0 Å². The summed E-state index contributed by atoms with van der Waals surface area (Å²) in [5.41, 5.74) is 1.57. The van der Waals surface area contributed by atoms with Crippen LogP contribution >= 0.6 is 0 Å². The van der Waals surface area contributed by atoms with E-state index in [1.54, 1.807) is 12.1 Å². The number of anilines is 2. The fourth-order valence-corrected chi connectivity index (χ4v) is 3.54. The van der Waals surface area contributed by atoms with Crippen molar-refractivity contribution in [2.75, 3.05) is 29.9 Å². The zero-order chi connectivity index (χ0) is 21.4. The standard InChI is InChI=1S/C20H18F2N4O4/c1-11-10-25(6-7-26(11)13-3-4-14(21)15(22)9-13)19(28)18(27)23-12-2-5-16-17(8-12)30-20(29)24-16/h2-5,8-9,11H,6-7,10H2,1H3,(H,23,27)(H,24,29)/t11-/m0/s1. The zero-order valence-electron chi connectivity index (χ0n) is 15.9. The minimum Gasteiger partial charge on any atom is -0.408 e. The maximum atomic E-state index is 13.5. The molecule has 8 nitrogen and oxygen atoms in total. The molecule has 0 aliphatic carbocycles. The van der Waals surface area contributed by atoms with E-state index in [9.17, 15) is 23.2 Å². The maximum absolute atomic E-state index is 13.5. The summed E-state index contributed by atoms with van der Waals surface area (Å²) < 4.78 is 31.6. The number of aromatic amines is 1. The third-order valence-electron chi connectivity index (χ3n) is 5.02. The van der Waals surface area contributed by atoms with Gasteiger partial charge in [0.15, 0.2) is 17.2 Å². The molecular weight excluding hydrogens is 398 g/mol. The van der Waals surface area contributed by atoms with Crippen molar-refractivity contribution in [3.05, 3.63) is 58.6 Å². The van der Waals surface area contributed by atoms with E-state index in [-0.39, 0.29) is 24.7 Å². The summed E-state index contributed by atoms with van der Waals surface area (Å²) in [6.45, 7) is 2.70. The van der Waals surface area contributed by atoms with E-state index in [4.69, 9.17) is 4.42 Å². The molecule has 2 N–H and O–H groups in total. The molecule has 0 spiro atoms. The Morgan fingerprint density at radius 1 is 1.13 bits per heavy atom. The highest BCUT2D eigenvalue weighted by molar-refractivity contribution is 6.39. The largest absolute Gasteiger partial charge is 0.417 e. The minimum atomic E-state index is -0.937. The van der Waals surface area contributed by atoms with E-state index in [2.05, 4.69) is 10.3 Å². The highest BCUT2D eigenvalue weighted by Gasteiger charge is 2.30. The number of piperazine rings is 1. The van der Waals surface area contributed by atoms with Crippen LogP contribution in [0.2, 0.25) is 0 Å². The van der Waals surface area contributed by atoms with Gasteiger partial charge in [-0.25, -0.2) is 13.6 Å². The number of nitrogens with one attached hydrogen (secondary N) is 2. The lowest BCUT2D eigenvalue weighted by Gasteiger charge is -2.41. The van der Waals surface area contributed by atoms with E-state index >= 15 is 0 Å². The fourth-order valence-electron chi connectivity index (χ4n) is 3.54. The Hall–Kier alpha value is -3.69. The third kappa shape index (κ3) is 3.76. The Labute approximate surface area is 169 Å². The highest BCUT2D eigenvalue weighted by Crippen LogP contribution is 2.23. The molecule has 1 aliphatic rings. The summed E-state index contributed by atoms with van der Waals surface area (Å²) in [7, 11) is 0. The third-order valence-corrected chi connectivity index (χ3v) is 5.02. The molecule has 10 heteroatoms. The van der Waals surface area contributed by atoms with Gasteiger partial charge >= 0.3 is 17.6 Å². The summed E-state index contributed by atoms with van der Waals surface area (Å²) in [6, 6.07) is 8.01. The van der Waals surface area contributed by atoms with E-state index in [0.29, 0.717) is 23.4 Å². The van der Waals surface area contributed by atoms with Gasteiger partial charge in [0.2, 0.25) is 0 Å². The van der Waals surface area contributed by atoms with E-state index in [1.807, 2.05) is 11.8 Å². The first-order valence-corrected chi connectivity index (χ1v) is 9.26. The topological polar surface area (TPSA) is 98.7 Å². The summed E-state index contributed by atoms with van der Waals surface area (Å²) in [5.74, 6) is -4.00. The van der Waals surface area contributed by atoms with Crippen molar-refractivity contribution in [1.29, 1.82) is 0 Å². The first-order valence-electron chi connectivity index (χ1n) is 9.26. The van der Waals surface area contributed by atoms with Crippen molar-refractivity contribution in [3.63, 3.8) is 0 Å². The SMILES string of the molecule is C[C@H]1CN(C(=O)C(=O)Nc2ccc3[nH]c(=O)oc3c2)CCN1c1ccc(F)c(F)c1. The van der Waals surface area contributed by atoms with Gasteiger partial charge in [-0.15, -0.1) is 0 Å². The van der Waals surface area contributed by atoms with Crippen LogP contribution in [0.1, 0.15) is 6.92 Å². The van der Waals surface area contributed by atoms with Crippen molar-refractivity contribution >= 4 is 34.3 Å². The zero-order valence-corrected chi connectivity index (χ0v) is 15.9. The molecule has 30 heavy (non-hydrogen) atoms. The molecule has 2 aromatic carbocycles. The average molecular weight is 416 g/mol. The molecular formula is C20H18F2N4O4. The second-order valence-electron chi connectivity index (χ2n) is 7.07. The number of nitrogens with zero attached hydrogens (tertiary/aromatic N) is 2. The molecule has 1 aliphatic heterocycles. The van der Waals surface area contributed by atoms with Gasteiger partial charge in [-0.05, 0) is 31.2 Å². The van der Waals surface area contributed by atoms with Crippen molar-refractivity contribution in [3.8, 4) is 0 Å². The van der Waals surface area contributed by atoms with E-state index in [1.165, 1.54) is 17.0 Å². The van der Waals surface area contributed by atoms with Crippen LogP contribution in [0.5, 0.6) is 0 Å². The molecule has 1 aromatic heterocycles. The summed E-state index contributed by atoms with van der Waals surface area (Å²) >= 11 is 0. The molecule has 0 bridgehead atoms. The van der Waals surface area contributed by atoms with E-state index in [0.717, 1.165) is 12.1 Å². The van der Waals surface area contributed by atoms with Crippen LogP contribution in [0, 0.1) is 11.6 Å². The lowest BCUT2D eigenvalue weighted by atomic mass is 10.1. The second-order valence-corrected chi connectivity index (χ2v) is 7.07. The molecule has 0 radical (unpaired) electrons. The number of carbonyl (C=O) groups excluding carboxylic acids is 2. The molecule has 3 aromatic rings. The second kappa shape index (κ2) is 7.62. The Kier molecular flexibility index (Phi) is 4.98. The van der Waals surface area contributed by atoms with Crippen LogP contribution in [-0.2, 0) is 9.59 Å². The monoisotopic (exact) mass is 416 g/mol. The number of aromatic nitrogens is 1. The van der Waals surface area contributed by atoms with Crippen molar-refractivity contribution in [1.82, 2.24) is 9.88 Å². The van der Waals surface area contributed by atoms with Crippen LogP contribution in [0.15, 0.2) is 45.6 Å². The molecule has 0 saturated carbocycles. The van der Waals surface area contributed by atoms with Crippen molar-refractivity contribution < 1.29 is 22.8 Å². The average Bonchev–Trinajstić information content (AvgIpc) is 3.08. The number of hydrogen-bond acceptors (Lipinski definition) is 5. The molecule has 1 atom stereocenters. The first-order chi connectivity index (χ1) is 14.3. The van der Waals surface area contributed by atoms with Crippen LogP contribution in [0.4, 0.5) is 20.2 Å². The normalized spacial score (nSPS) is 16.7. The van der Waals surface area contributed by atoms with Crippen molar-refractivity contribution in [2.24, 2.45) is 0 Å². The van der Waals surface area contributed by atoms with Gasteiger partial charge < -0.3 is 19.5 Å². The molecule has 4 rings (SSSR count). The summed E-state index contributed by atoms with van der Waals surface area (Å²) in [4.78, 5) is 41.9. The highest BCUT2D eigenvalue weighted by atomic mass is 19.2. The molecule has 2 heterocycles. The van der Waals surface area contributed by atoms with Crippen LogP contribution in [0.3, 0.4) is 0 Å². The predicted octanol–water partition coefficient (Wildman–Crippen LogP) is 2.08. The molecule has 0 unspecified atom stereocenters. The Morgan fingerprint density at radius 3 is 2.67 bits per heavy atom. The van der Waals surface area contributed by atoms with Crippen LogP contribution < -0.4 is 16.0 Å². The Balaban J connectivity index is 1.41. The molecule has 156 valence electrons. The van der Waals surface area contributed by atoms with Gasteiger partial charge in [-0.2, -0.15) is 0 Å². The van der Waals surface area contributed by atoms with Gasteiger partial charge in [-0.1, -0.05) is 0 Å². The number of carbonyl (C=O) groups is 2. The molecule has 2 amide bonds. The predicted molar refractivity (Wildman–Crippen MR) is 105 cm³/mol. The lowest BCUT2D eigenvalue weighted by molar-refractivity contribution is -0.143. The number of benzene rings is 2. The summed E-state index contributed by atoms with van der Waals surface area (Å²) in [5, 5.41) is 2.50. The van der Waals surface area contributed by atoms with Gasteiger partial charge in [-0.3, -0.25) is 14.6 Å². The smallest absolute Gasteiger partial charge is 0.408 e. The summed E-state index contributed by atoms with van der Waals surface area (Å²) in [6.07, 6.45) is 0. The first kappa shape index (κ1) is 19.6. The van der Waals surface area contributed by atoms with Gasteiger partial charge in [0, 0.05) is 49.2 Å². The quantitative estimate of drug-likeness (QED) is 0.624. The van der Waals surface area contributed by atoms with Gasteiger partial charge in [0.05, 0.1) is 5.52 Å². The number of H-pyrrole nitrogens is 1. The number of rotatable bonds is 2. The number of halogens is 2.